The van der Waals surface area contributed by atoms with E-state index in [0.717, 1.165) is 0 Å². The van der Waals surface area contributed by atoms with Gasteiger partial charge >= 0.3 is 0 Å². The zero-order chi connectivity index (χ0) is 9.19. The van der Waals surface area contributed by atoms with Crippen molar-refractivity contribution in [1.29, 1.82) is 10.5 Å². The number of sulfone groups is 1. The van der Waals surface area contributed by atoms with Gasteiger partial charge < -0.3 is 0 Å². The largest absolute Gasteiger partial charge is 0.229 e. The minimum Gasteiger partial charge on any atom is -0.229 e. The van der Waals surface area contributed by atoms with Crippen LogP contribution in [0.4, 0.5) is 0 Å². The van der Waals surface area contributed by atoms with Crippen molar-refractivity contribution in [2.75, 3.05) is 11.5 Å². The molecule has 1 rings (SSSR count). The highest BCUT2D eigenvalue weighted by Gasteiger charge is 2.31. The lowest BCUT2D eigenvalue weighted by atomic mass is 9.99. The maximum absolute atomic E-state index is 11.1. The van der Waals surface area contributed by atoms with E-state index in [0.29, 0.717) is 6.42 Å². The minimum atomic E-state index is -3.15. The SMILES string of the molecule is N#CC1CC(C#N)CS(=O)(=O)C1. The zero-order valence-corrected chi connectivity index (χ0v) is 7.21. The quantitative estimate of drug-likeness (QED) is 0.534. The van der Waals surface area contributed by atoms with Crippen LogP contribution < -0.4 is 0 Å². The van der Waals surface area contributed by atoms with Gasteiger partial charge in [0.05, 0.1) is 35.5 Å². The molecule has 1 fully saturated rings. The second-order valence-electron chi connectivity index (χ2n) is 2.96. The molecule has 0 aromatic rings. The number of rotatable bonds is 0. The second kappa shape index (κ2) is 3.12. The highest BCUT2D eigenvalue weighted by Crippen LogP contribution is 2.22. The Labute approximate surface area is 71.3 Å². The summed E-state index contributed by atoms with van der Waals surface area (Å²) in [4.78, 5) is 0. The molecule has 2 atom stereocenters. The summed E-state index contributed by atoms with van der Waals surface area (Å²) >= 11 is 0. The summed E-state index contributed by atoms with van der Waals surface area (Å²) < 4.78 is 22.2. The van der Waals surface area contributed by atoms with Gasteiger partial charge in [-0.25, -0.2) is 8.42 Å². The molecule has 0 saturated carbocycles. The van der Waals surface area contributed by atoms with Crippen molar-refractivity contribution in [3.8, 4) is 12.1 Å². The van der Waals surface area contributed by atoms with Gasteiger partial charge in [0.1, 0.15) is 0 Å². The molecule has 0 radical (unpaired) electrons. The van der Waals surface area contributed by atoms with Gasteiger partial charge in [-0.2, -0.15) is 10.5 Å². The van der Waals surface area contributed by atoms with Crippen LogP contribution in [0.25, 0.3) is 0 Å². The fourth-order valence-corrected chi connectivity index (χ4v) is 3.12. The molecular formula is C7H8N2O2S. The van der Waals surface area contributed by atoms with Crippen molar-refractivity contribution in [3.05, 3.63) is 0 Å². The number of hydrogen-bond donors (Lipinski definition) is 0. The highest BCUT2D eigenvalue weighted by molar-refractivity contribution is 7.91. The lowest BCUT2D eigenvalue weighted by Gasteiger charge is -2.19. The molecule has 0 spiro atoms. The maximum Gasteiger partial charge on any atom is 0.152 e. The van der Waals surface area contributed by atoms with E-state index in [9.17, 15) is 8.42 Å². The van der Waals surface area contributed by atoms with Gasteiger partial charge in [-0.05, 0) is 6.42 Å². The maximum atomic E-state index is 11.1. The molecule has 1 aliphatic heterocycles. The van der Waals surface area contributed by atoms with Crippen molar-refractivity contribution in [2.24, 2.45) is 11.8 Å². The summed E-state index contributed by atoms with van der Waals surface area (Å²) in [5.41, 5.74) is 0. The summed E-state index contributed by atoms with van der Waals surface area (Å²) in [7, 11) is -3.15. The fourth-order valence-electron chi connectivity index (χ4n) is 1.34. The highest BCUT2D eigenvalue weighted by atomic mass is 32.2. The average molecular weight is 184 g/mol. The van der Waals surface area contributed by atoms with E-state index < -0.39 is 21.7 Å². The topological polar surface area (TPSA) is 81.7 Å². The Morgan fingerprint density at radius 2 is 1.50 bits per heavy atom. The van der Waals surface area contributed by atoms with Gasteiger partial charge in [0.25, 0.3) is 0 Å². The average Bonchev–Trinajstić information content (AvgIpc) is 2.01. The van der Waals surface area contributed by atoms with E-state index in [1.54, 1.807) is 0 Å². The predicted octanol–water partition coefficient (Wildman–Crippen LogP) is 0.0845. The molecule has 0 aromatic carbocycles. The lowest BCUT2D eigenvalue weighted by molar-refractivity contribution is 0.503. The molecule has 1 saturated heterocycles. The Hall–Kier alpha value is -1.07. The third-order valence-corrected chi connectivity index (χ3v) is 3.66. The first-order valence-corrected chi connectivity index (χ1v) is 5.39. The third-order valence-electron chi connectivity index (χ3n) is 1.84. The fraction of sp³-hybridized carbons (Fsp3) is 0.714. The van der Waals surface area contributed by atoms with Crippen LogP contribution in [0, 0.1) is 34.5 Å². The van der Waals surface area contributed by atoms with Gasteiger partial charge in [0.2, 0.25) is 0 Å². The van der Waals surface area contributed by atoms with Crippen molar-refractivity contribution in [3.63, 3.8) is 0 Å². The van der Waals surface area contributed by atoms with Gasteiger partial charge in [0, 0.05) is 0 Å². The number of nitrogens with zero attached hydrogens (tertiary/aromatic N) is 2. The van der Waals surface area contributed by atoms with E-state index in [1.807, 2.05) is 12.1 Å². The van der Waals surface area contributed by atoms with Gasteiger partial charge in [0.15, 0.2) is 9.84 Å². The first kappa shape index (κ1) is 9.02. The molecular weight excluding hydrogens is 176 g/mol. The van der Waals surface area contributed by atoms with E-state index in [-0.39, 0.29) is 11.5 Å². The monoisotopic (exact) mass is 184 g/mol. The zero-order valence-electron chi connectivity index (χ0n) is 6.40. The standard InChI is InChI=1S/C7H8N2O2S/c8-2-6-1-7(3-9)5-12(10,11)4-6/h6-7H,1,4-5H2. The van der Waals surface area contributed by atoms with E-state index >= 15 is 0 Å². The molecule has 1 aliphatic rings. The van der Waals surface area contributed by atoms with Crippen molar-refractivity contribution >= 4 is 9.84 Å². The summed E-state index contributed by atoms with van der Waals surface area (Å²) in [5.74, 6) is -1.15. The second-order valence-corrected chi connectivity index (χ2v) is 5.12. The summed E-state index contributed by atoms with van der Waals surface area (Å²) in [5, 5.41) is 17.0. The molecule has 12 heavy (non-hydrogen) atoms. The molecule has 2 unspecified atom stereocenters. The molecule has 0 aliphatic carbocycles. The first-order chi connectivity index (χ1) is 5.57. The first-order valence-electron chi connectivity index (χ1n) is 3.57. The van der Waals surface area contributed by atoms with E-state index in [2.05, 4.69) is 0 Å². The van der Waals surface area contributed by atoms with Crippen LogP contribution in [0.3, 0.4) is 0 Å². The van der Waals surface area contributed by atoms with Crippen molar-refractivity contribution in [1.82, 2.24) is 0 Å². The van der Waals surface area contributed by atoms with Gasteiger partial charge in [-0.1, -0.05) is 0 Å². The molecule has 4 nitrogen and oxygen atoms in total. The summed E-state index contributed by atoms with van der Waals surface area (Å²) in [6.07, 6.45) is 0.395. The Bertz CT molecular complexity index is 319. The molecule has 0 N–H and O–H groups in total. The van der Waals surface area contributed by atoms with Crippen LogP contribution in [0.2, 0.25) is 0 Å². The van der Waals surface area contributed by atoms with Gasteiger partial charge in [-0.3, -0.25) is 0 Å². The Morgan fingerprint density at radius 1 is 1.08 bits per heavy atom. The van der Waals surface area contributed by atoms with Crippen molar-refractivity contribution < 1.29 is 8.42 Å². The molecule has 64 valence electrons. The van der Waals surface area contributed by atoms with Crippen LogP contribution in [0.5, 0.6) is 0 Å². The third kappa shape index (κ3) is 1.96. The molecule has 1 heterocycles. The Kier molecular flexibility index (Phi) is 2.35. The van der Waals surface area contributed by atoms with Crippen LogP contribution in [-0.4, -0.2) is 19.9 Å². The molecule has 0 bridgehead atoms. The minimum absolute atomic E-state index is 0.0817. The Balaban J connectivity index is 2.83. The summed E-state index contributed by atoms with van der Waals surface area (Å²) in [6.45, 7) is 0. The van der Waals surface area contributed by atoms with E-state index in [1.165, 1.54) is 0 Å². The van der Waals surface area contributed by atoms with Gasteiger partial charge in [-0.15, -0.1) is 0 Å². The van der Waals surface area contributed by atoms with Crippen LogP contribution in [-0.2, 0) is 9.84 Å². The molecule has 5 heteroatoms. The number of hydrogen-bond acceptors (Lipinski definition) is 4. The normalized spacial score (nSPS) is 33.2. The van der Waals surface area contributed by atoms with Crippen molar-refractivity contribution in [2.45, 2.75) is 6.42 Å². The predicted molar refractivity (Wildman–Crippen MR) is 41.5 cm³/mol. The number of nitriles is 2. The van der Waals surface area contributed by atoms with Crippen LogP contribution in [0.1, 0.15) is 6.42 Å². The molecule has 0 aromatic heterocycles. The van der Waals surface area contributed by atoms with Crippen LogP contribution >= 0.6 is 0 Å². The van der Waals surface area contributed by atoms with E-state index in [4.69, 9.17) is 10.5 Å². The lowest BCUT2D eigenvalue weighted by Crippen LogP contribution is -2.30. The molecule has 0 amide bonds. The van der Waals surface area contributed by atoms with Crippen LogP contribution in [0.15, 0.2) is 0 Å². The summed E-state index contributed by atoms with van der Waals surface area (Å²) in [6, 6.07) is 3.79. The smallest absolute Gasteiger partial charge is 0.152 e. The Morgan fingerprint density at radius 3 is 1.83 bits per heavy atom.